The van der Waals surface area contributed by atoms with Gasteiger partial charge in [0.1, 0.15) is 11.6 Å². The summed E-state index contributed by atoms with van der Waals surface area (Å²) in [5.41, 5.74) is 2.70. The molecule has 116 valence electrons. The quantitative estimate of drug-likeness (QED) is 0.698. The average Bonchev–Trinajstić information content (AvgIpc) is 2.51. The normalized spacial score (nSPS) is 18.6. The van der Waals surface area contributed by atoms with Crippen molar-refractivity contribution in [3.05, 3.63) is 82.4 Å². The monoisotopic (exact) mass is 310 g/mol. The Balaban J connectivity index is 1.89. The van der Waals surface area contributed by atoms with E-state index in [1.54, 1.807) is 36.4 Å². The molecule has 0 atom stereocenters. The lowest BCUT2D eigenvalue weighted by Crippen LogP contribution is -2.12. The smallest absolute Gasteiger partial charge is 0.185 e. The standard InChI is InChI=1S/C20H16F2O/c21-18-8-1-4-14(12-18)10-16-6-3-7-17(20(16)23)11-15-5-2-9-19(22)13-15/h1-2,4-5,8-13H,3,6-7H2. The molecule has 0 aromatic heterocycles. The number of hydrogen-bond acceptors (Lipinski definition) is 1. The van der Waals surface area contributed by atoms with Crippen LogP contribution in [-0.4, -0.2) is 5.78 Å². The van der Waals surface area contributed by atoms with Crippen molar-refractivity contribution in [3.63, 3.8) is 0 Å². The maximum Gasteiger partial charge on any atom is 0.185 e. The van der Waals surface area contributed by atoms with E-state index in [9.17, 15) is 13.6 Å². The lowest BCUT2D eigenvalue weighted by atomic mass is 9.87. The number of Topliss-reactive ketones (excluding diaryl/α,β-unsaturated/α-hetero) is 1. The Hall–Kier alpha value is -2.55. The minimum Gasteiger partial charge on any atom is -0.289 e. The van der Waals surface area contributed by atoms with E-state index in [2.05, 4.69) is 0 Å². The third kappa shape index (κ3) is 3.81. The molecule has 0 radical (unpaired) electrons. The molecule has 0 spiro atoms. The van der Waals surface area contributed by atoms with Crippen molar-refractivity contribution in [1.82, 2.24) is 0 Å². The second kappa shape index (κ2) is 6.69. The number of allylic oxidation sites excluding steroid dienone is 2. The van der Waals surface area contributed by atoms with Crippen LogP contribution in [0, 0.1) is 11.6 Å². The third-order valence-corrected chi connectivity index (χ3v) is 3.85. The average molecular weight is 310 g/mol. The van der Waals surface area contributed by atoms with Crippen LogP contribution in [0.4, 0.5) is 8.78 Å². The number of hydrogen-bond donors (Lipinski definition) is 0. The number of carbonyl (C=O) groups excluding carboxylic acids is 1. The van der Waals surface area contributed by atoms with Crippen LogP contribution < -0.4 is 0 Å². The Kier molecular flexibility index (Phi) is 4.47. The molecule has 1 nitrogen and oxygen atoms in total. The van der Waals surface area contributed by atoms with Gasteiger partial charge in [-0.05, 0) is 66.8 Å². The topological polar surface area (TPSA) is 17.1 Å². The number of ketones is 1. The van der Waals surface area contributed by atoms with E-state index in [-0.39, 0.29) is 17.4 Å². The summed E-state index contributed by atoms with van der Waals surface area (Å²) >= 11 is 0. The van der Waals surface area contributed by atoms with Gasteiger partial charge < -0.3 is 0 Å². The van der Waals surface area contributed by atoms with E-state index < -0.39 is 0 Å². The van der Waals surface area contributed by atoms with Crippen LogP contribution in [0.15, 0.2) is 59.7 Å². The van der Waals surface area contributed by atoms with Gasteiger partial charge in [0.15, 0.2) is 5.78 Å². The largest absolute Gasteiger partial charge is 0.289 e. The fourth-order valence-electron chi connectivity index (χ4n) is 2.77. The van der Waals surface area contributed by atoms with Gasteiger partial charge in [0, 0.05) is 11.1 Å². The second-order valence-electron chi connectivity index (χ2n) is 5.63. The molecule has 2 aromatic carbocycles. The summed E-state index contributed by atoms with van der Waals surface area (Å²) in [5.74, 6) is -0.680. The molecular formula is C20H16F2O. The van der Waals surface area contributed by atoms with E-state index >= 15 is 0 Å². The highest BCUT2D eigenvalue weighted by Gasteiger charge is 2.20. The van der Waals surface area contributed by atoms with Gasteiger partial charge in [-0.15, -0.1) is 0 Å². The first-order valence-electron chi connectivity index (χ1n) is 7.59. The van der Waals surface area contributed by atoms with Crippen molar-refractivity contribution in [3.8, 4) is 0 Å². The van der Waals surface area contributed by atoms with Crippen LogP contribution in [0.5, 0.6) is 0 Å². The first-order valence-corrected chi connectivity index (χ1v) is 7.59. The zero-order valence-electron chi connectivity index (χ0n) is 12.6. The minimum absolute atomic E-state index is 0.0372. The van der Waals surface area contributed by atoms with E-state index in [4.69, 9.17) is 0 Å². The Morgan fingerprint density at radius 2 is 1.26 bits per heavy atom. The summed E-state index contributed by atoms with van der Waals surface area (Å²) in [5, 5.41) is 0. The third-order valence-electron chi connectivity index (χ3n) is 3.85. The van der Waals surface area contributed by atoms with Crippen molar-refractivity contribution < 1.29 is 13.6 Å². The Labute approximate surface area is 134 Å². The van der Waals surface area contributed by atoms with Gasteiger partial charge in [-0.1, -0.05) is 24.3 Å². The highest BCUT2D eigenvalue weighted by molar-refractivity contribution is 6.13. The van der Waals surface area contributed by atoms with Crippen LogP contribution in [0.25, 0.3) is 12.2 Å². The summed E-state index contributed by atoms with van der Waals surface area (Å²) in [6.07, 6.45) is 5.69. The fourth-order valence-corrected chi connectivity index (χ4v) is 2.77. The highest BCUT2D eigenvalue weighted by atomic mass is 19.1. The molecule has 0 saturated heterocycles. The van der Waals surface area contributed by atoms with Gasteiger partial charge in [0.25, 0.3) is 0 Å². The molecule has 1 fully saturated rings. The van der Waals surface area contributed by atoms with Crippen LogP contribution >= 0.6 is 0 Å². The number of rotatable bonds is 2. The van der Waals surface area contributed by atoms with E-state index in [1.165, 1.54) is 24.3 Å². The minimum atomic E-state index is -0.321. The highest BCUT2D eigenvalue weighted by Crippen LogP contribution is 2.28. The van der Waals surface area contributed by atoms with Gasteiger partial charge in [0.05, 0.1) is 0 Å². The van der Waals surface area contributed by atoms with Crippen molar-refractivity contribution >= 4 is 17.9 Å². The molecule has 0 unspecified atom stereocenters. The Morgan fingerprint density at radius 1 is 0.783 bits per heavy atom. The molecule has 3 rings (SSSR count). The van der Waals surface area contributed by atoms with Gasteiger partial charge >= 0.3 is 0 Å². The maximum absolute atomic E-state index is 13.3. The van der Waals surface area contributed by atoms with Crippen LogP contribution in [-0.2, 0) is 4.79 Å². The summed E-state index contributed by atoms with van der Waals surface area (Å²) in [6, 6.07) is 12.4. The first-order chi connectivity index (χ1) is 11.1. The van der Waals surface area contributed by atoms with Crippen molar-refractivity contribution in [2.45, 2.75) is 19.3 Å². The molecule has 1 aliphatic rings. The molecule has 0 N–H and O–H groups in total. The molecular weight excluding hydrogens is 294 g/mol. The molecule has 0 amide bonds. The molecule has 0 bridgehead atoms. The Bertz CT molecular complexity index is 737. The molecule has 0 aliphatic heterocycles. The number of carbonyl (C=O) groups is 1. The predicted octanol–water partition coefficient (Wildman–Crippen LogP) is 5.18. The predicted molar refractivity (Wildman–Crippen MR) is 87.6 cm³/mol. The fraction of sp³-hybridized carbons (Fsp3) is 0.150. The molecule has 0 heterocycles. The zero-order valence-corrected chi connectivity index (χ0v) is 12.6. The second-order valence-corrected chi connectivity index (χ2v) is 5.63. The summed E-state index contributed by atoms with van der Waals surface area (Å²) in [7, 11) is 0. The summed E-state index contributed by atoms with van der Waals surface area (Å²) in [6.45, 7) is 0. The van der Waals surface area contributed by atoms with Gasteiger partial charge in [-0.2, -0.15) is 0 Å². The van der Waals surface area contributed by atoms with Gasteiger partial charge in [-0.3, -0.25) is 4.79 Å². The maximum atomic E-state index is 13.3. The molecule has 23 heavy (non-hydrogen) atoms. The molecule has 1 saturated carbocycles. The first kappa shape index (κ1) is 15.3. The number of halogens is 2. The summed E-state index contributed by atoms with van der Waals surface area (Å²) in [4.78, 5) is 12.6. The van der Waals surface area contributed by atoms with Crippen molar-refractivity contribution in [1.29, 1.82) is 0 Å². The van der Waals surface area contributed by atoms with E-state index in [0.717, 1.165) is 6.42 Å². The SMILES string of the molecule is O=C1C(=Cc2cccc(F)c2)CCCC1=Cc1cccc(F)c1. The number of benzene rings is 2. The van der Waals surface area contributed by atoms with Crippen molar-refractivity contribution in [2.75, 3.05) is 0 Å². The van der Waals surface area contributed by atoms with Crippen LogP contribution in [0.3, 0.4) is 0 Å². The lowest BCUT2D eigenvalue weighted by molar-refractivity contribution is -0.112. The van der Waals surface area contributed by atoms with Crippen molar-refractivity contribution in [2.24, 2.45) is 0 Å². The van der Waals surface area contributed by atoms with E-state index in [0.29, 0.717) is 35.1 Å². The Morgan fingerprint density at radius 3 is 1.70 bits per heavy atom. The van der Waals surface area contributed by atoms with Gasteiger partial charge in [-0.25, -0.2) is 8.78 Å². The molecule has 1 aliphatic carbocycles. The van der Waals surface area contributed by atoms with Gasteiger partial charge in [0.2, 0.25) is 0 Å². The molecule has 3 heteroatoms. The zero-order chi connectivity index (χ0) is 16.2. The summed E-state index contributed by atoms with van der Waals surface area (Å²) < 4.78 is 26.5. The van der Waals surface area contributed by atoms with Crippen LogP contribution in [0.1, 0.15) is 30.4 Å². The lowest BCUT2D eigenvalue weighted by Gasteiger charge is -2.16. The van der Waals surface area contributed by atoms with Crippen LogP contribution in [0.2, 0.25) is 0 Å². The molecule has 2 aromatic rings. The van der Waals surface area contributed by atoms with E-state index in [1.807, 2.05) is 0 Å².